The van der Waals surface area contributed by atoms with Crippen LogP contribution in [0.25, 0.3) is 0 Å². The van der Waals surface area contributed by atoms with E-state index < -0.39 is 12.7 Å². The van der Waals surface area contributed by atoms with Crippen LogP contribution in [0, 0.1) is 6.92 Å². The Hall–Kier alpha value is -2.62. The van der Waals surface area contributed by atoms with Crippen molar-refractivity contribution in [3.63, 3.8) is 0 Å². The zero-order valence-electron chi connectivity index (χ0n) is 13.8. The van der Waals surface area contributed by atoms with E-state index in [4.69, 9.17) is 0 Å². The van der Waals surface area contributed by atoms with Gasteiger partial charge < -0.3 is 9.64 Å². The summed E-state index contributed by atoms with van der Waals surface area (Å²) in [7, 11) is 0. The minimum atomic E-state index is -2.89. The van der Waals surface area contributed by atoms with E-state index in [2.05, 4.69) is 20.3 Å². The molecule has 2 aromatic rings. The summed E-state index contributed by atoms with van der Waals surface area (Å²) in [4.78, 5) is 26.1. The van der Waals surface area contributed by atoms with Gasteiger partial charge in [-0.15, -0.1) is 10.2 Å². The maximum atomic E-state index is 12.5. The average Bonchev–Trinajstić information content (AvgIpc) is 3.15. The van der Waals surface area contributed by atoms with Crippen molar-refractivity contribution in [2.45, 2.75) is 39.0 Å². The molecule has 2 heterocycles. The number of halogens is 2. The van der Waals surface area contributed by atoms with Crippen LogP contribution in [-0.2, 0) is 16.1 Å². The minimum absolute atomic E-state index is 0.0393. The van der Waals surface area contributed by atoms with Gasteiger partial charge in [-0.2, -0.15) is 8.78 Å². The molecule has 0 spiro atoms. The number of benzene rings is 1. The van der Waals surface area contributed by atoms with Gasteiger partial charge in [0.2, 0.25) is 16.9 Å². The van der Waals surface area contributed by atoms with Crippen LogP contribution in [0.5, 0.6) is 5.75 Å². The van der Waals surface area contributed by atoms with E-state index in [1.807, 2.05) is 0 Å². The largest absolute Gasteiger partial charge is 0.435 e. The molecule has 3 rings (SSSR count). The molecule has 26 heavy (non-hydrogen) atoms. The van der Waals surface area contributed by atoms with Crippen molar-refractivity contribution < 1.29 is 23.1 Å². The number of alkyl halides is 2. The average molecular weight is 382 g/mol. The molecule has 1 aliphatic heterocycles. The van der Waals surface area contributed by atoms with Crippen molar-refractivity contribution in [1.82, 2.24) is 15.1 Å². The molecule has 7 nitrogen and oxygen atoms in total. The summed E-state index contributed by atoms with van der Waals surface area (Å²) in [5.74, 6) is -0.409. The van der Waals surface area contributed by atoms with Gasteiger partial charge in [0.1, 0.15) is 16.8 Å². The van der Waals surface area contributed by atoms with Crippen molar-refractivity contribution in [3.05, 3.63) is 34.8 Å². The number of rotatable bonds is 6. The van der Waals surface area contributed by atoms with E-state index in [0.717, 1.165) is 5.01 Å². The number of aromatic nitrogens is 2. The standard InChI is InChI=1S/C16H16F2N4O3S/c1-9-20-21-16(26-9)19-14(24)12-6-7-13(23)22(12)8-10-2-4-11(5-3-10)25-15(17)18/h2-5,12,15H,6-8H2,1H3,(H,19,21,24)/t12-/m1/s1. The van der Waals surface area contributed by atoms with E-state index in [0.29, 0.717) is 17.1 Å². The van der Waals surface area contributed by atoms with Crippen LogP contribution < -0.4 is 10.1 Å². The van der Waals surface area contributed by atoms with Gasteiger partial charge >= 0.3 is 6.61 Å². The van der Waals surface area contributed by atoms with Crippen LogP contribution in [0.3, 0.4) is 0 Å². The second-order valence-electron chi connectivity index (χ2n) is 5.71. The Morgan fingerprint density at radius 2 is 2.12 bits per heavy atom. The molecule has 1 saturated heterocycles. The Bertz CT molecular complexity index is 797. The number of amides is 2. The number of ether oxygens (including phenoxy) is 1. The number of likely N-dealkylation sites (tertiary alicyclic amines) is 1. The van der Waals surface area contributed by atoms with Gasteiger partial charge in [-0.3, -0.25) is 14.9 Å². The number of carbonyl (C=O) groups is 2. The van der Waals surface area contributed by atoms with Crippen LogP contribution in [0.2, 0.25) is 0 Å². The molecule has 10 heteroatoms. The summed E-state index contributed by atoms with van der Waals surface area (Å²) < 4.78 is 28.7. The summed E-state index contributed by atoms with van der Waals surface area (Å²) >= 11 is 1.25. The van der Waals surface area contributed by atoms with Crippen molar-refractivity contribution >= 4 is 28.3 Å². The molecule has 1 atom stereocenters. The van der Waals surface area contributed by atoms with Gasteiger partial charge in [-0.05, 0) is 31.0 Å². The Morgan fingerprint density at radius 3 is 2.73 bits per heavy atom. The highest BCUT2D eigenvalue weighted by Crippen LogP contribution is 2.24. The van der Waals surface area contributed by atoms with Gasteiger partial charge in [0.15, 0.2) is 0 Å². The second-order valence-corrected chi connectivity index (χ2v) is 6.90. The summed E-state index contributed by atoms with van der Waals surface area (Å²) in [5.41, 5.74) is 0.714. The fourth-order valence-electron chi connectivity index (χ4n) is 2.71. The lowest BCUT2D eigenvalue weighted by Gasteiger charge is -2.23. The van der Waals surface area contributed by atoms with E-state index in [9.17, 15) is 18.4 Å². The lowest BCUT2D eigenvalue weighted by molar-refractivity contribution is -0.133. The normalized spacial score (nSPS) is 17.0. The van der Waals surface area contributed by atoms with Gasteiger partial charge in [0.25, 0.3) is 0 Å². The summed E-state index contributed by atoms with van der Waals surface area (Å²) in [5, 5.41) is 11.5. The topological polar surface area (TPSA) is 84.4 Å². The third-order valence-corrected chi connectivity index (χ3v) is 4.64. The maximum Gasteiger partial charge on any atom is 0.387 e. The summed E-state index contributed by atoms with van der Waals surface area (Å²) in [6, 6.07) is 5.38. The molecule has 0 aliphatic carbocycles. The number of hydrogen-bond acceptors (Lipinski definition) is 6. The third kappa shape index (κ3) is 4.31. The van der Waals surface area contributed by atoms with Crippen molar-refractivity contribution in [3.8, 4) is 5.75 Å². The van der Waals surface area contributed by atoms with E-state index in [1.165, 1.54) is 28.4 Å². The van der Waals surface area contributed by atoms with Crippen molar-refractivity contribution in [1.29, 1.82) is 0 Å². The number of carbonyl (C=O) groups excluding carboxylic acids is 2. The highest BCUT2D eigenvalue weighted by Gasteiger charge is 2.36. The van der Waals surface area contributed by atoms with Crippen LogP contribution in [-0.4, -0.2) is 39.6 Å². The molecule has 1 aromatic heterocycles. The van der Waals surface area contributed by atoms with Crippen molar-refractivity contribution in [2.24, 2.45) is 0 Å². The third-order valence-electron chi connectivity index (χ3n) is 3.89. The number of aryl methyl sites for hydroxylation is 1. The molecule has 1 aliphatic rings. The first-order valence-corrected chi connectivity index (χ1v) is 8.68. The number of anilines is 1. The van der Waals surface area contributed by atoms with Crippen LogP contribution in [0.4, 0.5) is 13.9 Å². The SMILES string of the molecule is Cc1nnc(NC(=O)[C@H]2CCC(=O)N2Cc2ccc(OC(F)F)cc2)s1. The van der Waals surface area contributed by atoms with Gasteiger partial charge in [0.05, 0.1) is 0 Å². The summed E-state index contributed by atoms with van der Waals surface area (Å²) in [6.45, 7) is -0.903. The Morgan fingerprint density at radius 1 is 1.38 bits per heavy atom. The first kappa shape index (κ1) is 18.2. The Kier molecular flexibility index (Phi) is 5.40. The molecular weight excluding hydrogens is 366 g/mol. The van der Waals surface area contributed by atoms with Crippen molar-refractivity contribution in [2.75, 3.05) is 5.32 Å². The van der Waals surface area contributed by atoms with E-state index >= 15 is 0 Å². The Labute approximate surface area is 152 Å². The maximum absolute atomic E-state index is 12.5. The molecule has 1 fully saturated rings. The molecule has 1 aromatic carbocycles. The molecular formula is C16H16F2N4O3S. The fraction of sp³-hybridized carbons (Fsp3) is 0.375. The lowest BCUT2D eigenvalue weighted by Crippen LogP contribution is -2.41. The molecule has 1 N–H and O–H groups in total. The van der Waals surface area contributed by atoms with Crippen LogP contribution in [0.1, 0.15) is 23.4 Å². The first-order chi connectivity index (χ1) is 12.4. The van der Waals surface area contributed by atoms with E-state index in [1.54, 1.807) is 19.1 Å². The van der Waals surface area contributed by atoms with Gasteiger partial charge in [0, 0.05) is 13.0 Å². The van der Waals surface area contributed by atoms with Crippen LogP contribution >= 0.6 is 11.3 Å². The first-order valence-electron chi connectivity index (χ1n) is 7.86. The number of nitrogens with one attached hydrogen (secondary N) is 1. The monoisotopic (exact) mass is 382 g/mol. The Balaban J connectivity index is 1.66. The second kappa shape index (κ2) is 7.73. The van der Waals surface area contributed by atoms with E-state index in [-0.39, 0.29) is 30.5 Å². The fourth-order valence-corrected chi connectivity index (χ4v) is 3.31. The number of nitrogens with zero attached hydrogens (tertiary/aromatic N) is 3. The molecule has 0 unspecified atom stereocenters. The minimum Gasteiger partial charge on any atom is -0.435 e. The predicted molar refractivity (Wildman–Crippen MR) is 89.9 cm³/mol. The molecule has 0 bridgehead atoms. The highest BCUT2D eigenvalue weighted by molar-refractivity contribution is 7.15. The molecule has 0 saturated carbocycles. The molecule has 0 radical (unpaired) electrons. The zero-order chi connectivity index (χ0) is 18.7. The van der Waals surface area contributed by atoms with Gasteiger partial charge in [-0.25, -0.2) is 0 Å². The van der Waals surface area contributed by atoms with Gasteiger partial charge in [-0.1, -0.05) is 23.5 Å². The molecule has 138 valence electrons. The smallest absolute Gasteiger partial charge is 0.387 e. The summed E-state index contributed by atoms with van der Waals surface area (Å²) in [6.07, 6.45) is 0.689. The quantitative estimate of drug-likeness (QED) is 0.830. The number of hydrogen-bond donors (Lipinski definition) is 1. The zero-order valence-corrected chi connectivity index (χ0v) is 14.6. The predicted octanol–water partition coefficient (Wildman–Crippen LogP) is 2.58. The lowest BCUT2D eigenvalue weighted by atomic mass is 10.1. The molecule has 2 amide bonds. The highest BCUT2D eigenvalue weighted by atomic mass is 32.1. The van der Waals surface area contributed by atoms with Crippen LogP contribution in [0.15, 0.2) is 24.3 Å².